The average molecular weight is 210 g/mol. The van der Waals surface area contributed by atoms with E-state index < -0.39 is 5.97 Å². The molecule has 0 aliphatic heterocycles. The molecule has 2 heterocycles. The molecule has 6 nitrogen and oxygen atoms in total. The van der Waals surface area contributed by atoms with Crippen LogP contribution in [0.5, 0.6) is 0 Å². The number of rotatable bonds is 3. The summed E-state index contributed by atoms with van der Waals surface area (Å²) >= 11 is 1.13. The maximum Gasteiger partial charge on any atom is 0.313 e. The van der Waals surface area contributed by atoms with Crippen molar-refractivity contribution in [2.45, 2.75) is 5.03 Å². The molecular weight excluding hydrogens is 204 g/mol. The van der Waals surface area contributed by atoms with E-state index in [-0.39, 0.29) is 5.75 Å². The number of thioether (sulfide) groups is 1. The minimum atomic E-state index is -0.878. The third-order valence-electron chi connectivity index (χ3n) is 1.52. The monoisotopic (exact) mass is 210 g/mol. The Morgan fingerprint density at radius 1 is 1.50 bits per heavy atom. The maximum atomic E-state index is 10.4. The first-order chi connectivity index (χ1) is 6.77. The summed E-state index contributed by atoms with van der Waals surface area (Å²) in [5, 5.41) is 9.09. The van der Waals surface area contributed by atoms with Crippen molar-refractivity contribution in [2.24, 2.45) is 0 Å². The molecule has 72 valence electrons. The van der Waals surface area contributed by atoms with Crippen molar-refractivity contribution in [3.05, 3.63) is 12.7 Å². The van der Waals surface area contributed by atoms with Gasteiger partial charge in [0.15, 0.2) is 5.65 Å². The maximum absolute atomic E-state index is 10.4. The predicted molar refractivity (Wildman–Crippen MR) is 50.0 cm³/mol. The summed E-state index contributed by atoms with van der Waals surface area (Å²) in [6.45, 7) is 0. The molecule has 2 rings (SSSR count). The molecule has 0 atom stereocenters. The summed E-state index contributed by atoms with van der Waals surface area (Å²) in [6.07, 6.45) is 2.88. The van der Waals surface area contributed by atoms with Crippen molar-refractivity contribution >= 4 is 28.9 Å². The zero-order valence-electron chi connectivity index (χ0n) is 6.97. The smallest absolute Gasteiger partial charge is 0.313 e. The van der Waals surface area contributed by atoms with Gasteiger partial charge in [-0.05, 0) is 0 Å². The molecule has 2 aromatic rings. The molecule has 0 unspecified atom stereocenters. The van der Waals surface area contributed by atoms with E-state index in [0.29, 0.717) is 16.2 Å². The van der Waals surface area contributed by atoms with E-state index in [1.165, 1.54) is 12.7 Å². The van der Waals surface area contributed by atoms with Gasteiger partial charge in [-0.1, -0.05) is 11.8 Å². The van der Waals surface area contributed by atoms with Gasteiger partial charge in [-0.2, -0.15) is 0 Å². The molecular formula is C7H6N4O2S. The SMILES string of the molecule is O=C(O)CSc1ncnc2[nH]cnc12. The number of nitrogens with zero attached hydrogens (tertiary/aromatic N) is 3. The zero-order valence-corrected chi connectivity index (χ0v) is 7.78. The number of fused-ring (bicyclic) bond motifs is 1. The number of aromatic amines is 1. The number of aromatic nitrogens is 4. The first-order valence-corrected chi connectivity index (χ1v) is 4.74. The Labute approximate surface area is 82.8 Å². The highest BCUT2D eigenvalue weighted by Gasteiger charge is 2.08. The van der Waals surface area contributed by atoms with Gasteiger partial charge >= 0.3 is 5.97 Å². The second-order valence-corrected chi connectivity index (χ2v) is 3.43. The van der Waals surface area contributed by atoms with Crippen LogP contribution in [0.15, 0.2) is 17.7 Å². The Morgan fingerprint density at radius 2 is 2.36 bits per heavy atom. The second-order valence-electron chi connectivity index (χ2n) is 2.46. The van der Waals surface area contributed by atoms with Gasteiger partial charge in [-0.3, -0.25) is 4.79 Å². The van der Waals surface area contributed by atoms with E-state index >= 15 is 0 Å². The third kappa shape index (κ3) is 1.67. The topological polar surface area (TPSA) is 91.8 Å². The molecule has 0 radical (unpaired) electrons. The van der Waals surface area contributed by atoms with E-state index in [4.69, 9.17) is 5.11 Å². The number of H-pyrrole nitrogens is 1. The van der Waals surface area contributed by atoms with Crippen molar-refractivity contribution in [3.8, 4) is 0 Å². The van der Waals surface area contributed by atoms with Gasteiger partial charge in [-0.25, -0.2) is 15.0 Å². The summed E-state index contributed by atoms with van der Waals surface area (Å²) in [4.78, 5) is 25.1. The van der Waals surface area contributed by atoms with Crippen LogP contribution in [-0.2, 0) is 4.79 Å². The van der Waals surface area contributed by atoms with Crippen LogP contribution in [0.3, 0.4) is 0 Å². The number of nitrogens with one attached hydrogen (secondary N) is 1. The lowest BCUT2D eigenvalue weighted by atomic mass is 10.6. The molecule has 0 saturated carbocycles. The Kier molecular flexibility index (Phi) is 2.32. The van der Waals surface area contributed by atoms with Crippen LogP contribution in [0.25, 0.3) is 11.2 Å². The van der Waals surface area contributed by atoms with Crippen molar-refractivity contribution in [1.82, 2.24) is 19.9 Å². The van der Waals surface area contributed by atoms with Crippen LogP contribution in [0, 0.1) is 0 Å². The van der Waals surface area contributed by atoms with Gasteiger partial charge in [0, 0.05) is 0 Å². The van der Waals surface area contributed by atoms with Crippen LogP contribution in [0.2, 0.25) is 0 Å². The lowest BCUT2D eigenvalue weighted by Crippen LogP contribution is -1.98. The van der Waals surface area contributed by atoms with Crippen LogP contribution in [0.4, 0.5) is 0 Å². The summed E-state index contributed by atoms with van der Waals surface area (Å²) in [6, 6.07) is 0. The number of imidazole rings is 1. The molecule has 0 bridgehead atoms. The molecule has 0 aromatic carbocycles. The predicted octanol–water partition coefficient (Wildman–Crippen LogP) is 0.530. The van der Waals surface area contributed by atoms with Crippen molar-refractivity contribution in [2.75, 3.05) is 5.75 Å². The molecule has 0 aliphatic rings. The number of carboxylic acids is 1. The standard InChI is InChI=1S/C7H6N4O2S/c12-4(13)1-14-7-5-6(9-2-8-5)10-3-11-7/h2-3H,1H2,(H,12,13)(H,8,9,10,11). The number of carbonyl (C=O) groups is 1. The van der Waals surface area contributed by atoms with Gasteiger partial charge in [0.05, 0.1) is 12.1 Å². The number of hydrogen-bond donors (Lipinski definition) is 2. The lowest BCUT2D eigenvalue weighted by Gasteiger charge is -1.96. The first-order valence-electron chi connectivity index (χ1n) is 3.76. The highest BCUT2D eigenvalue weighted by atomic mass is 32.2. The summed E-state index contributed by atoms with van der Waals surface area (Å²) in [5.41, 5.74) is 1.23. The van der Waals surface area contributed by atoms with E-state index in [0.717, 1.165) is 11.8 Å². The second kappa shape index (κ2) is 3.62. The lowest BCUT2D eigenvalue weighted by molar-refractivity contribution is -0.133. The summed E-state index contributed by atoms with van der Waals surface area (Å²) in [5.74, 6) is -0.906. The van der Waals surface area contributed by atoms with Crippen LogP contribution < -0.4 is 0 Å². The fraction of sp³-hybridized carbons (Fsp3) is 0.143. The molecule has 7 heteroatoms. The minimum Gasteiger partial charge on any atom is -0.481 e. The van der Waals surface area contributed by atoms with E-state index in [2.05, 4.69) is 19.9 Å². The largest absolute Gasteiger partial charge is 0.481 e. The van der Waals surface area contributed by atoms with Gasteiger partial charge in [0.2, 0.25) is 0 Å². The molecule has 0 saturated heterocycles. The fourth-order valence-electron chi connectivity index (χ4n) is 0.978. The number of carboxylic acid groups (broad SMARTS) is 1. The van der Waals surface area contributed by atoms with Crippen molar-refractivity contribution in [3.63, 3.8) is 0 Å². The van der Waals surface area contributed by atoms with Crippen molar-refractivity contribution in [1.29, 1.82) is 0 Å². The molecule has 2 aromatic heterocycles. The van der Waals surface area contributed by atoms with Crippen LogP contribution in [-0.4, -0.2) is 36.8 Å². The molecule has 0 aliphatic carbocycles. The van der Waals surface area contributed by atoms with E-state index in [1.54, 1.807) is 0 Å². The molecule has 2 N–H and O–H groups in total. The summed E-state index contributed by atoms with van der Waals surface area (Å²) in [7, 11) is 0. The Hall–Kier alpha value is -1.63. The highest BCUT2D eigenvalue weighted by molar-refractivity contribution is 8.00. The first kappa shape index (κ1) is 8.95. The molecule has 14 heavy (non-hydrogen) atoms. The Morgan fingerprint density at radius 3 is 3.14 bits per heavy atom. The summed E-state index contributed by atoms with van der Waals surface area (Å²) < 4.78 is 0. The molecule has 0 amide bonds. The normalized spacial score (nSPS) is 10.6. The van der Waals surface area contributed by atoms with Crippen molar-refractivity contribution < 1.29 is 9.90 Å². The molecule has 0 fully saturated rings. The molecule has 0 spiro atoms. The number of hydrogen-bond acceptors (Lipinski definition) is 5. The van der Waals surface area contributed by atoms with Gasteiger partial charge in [0.1, 0.15) is 16.9 Å². The fourth-order valence-corrected chi connectivity index (χ4v) is 1.65. The van der Waals surface area contributed by atoms with Gasteiger partial charge in [-0.15, -0.1) is 0 Å². The zero-order chi connectivity index (χ0) is 9.97. The minimum absolute atomic E-state index is 0.0288. The Balaban J connectivity index is 2.32. The van der Waals surface area contributed by atoms with E-state index in [1.807, 2.05) is 0 Å². The Bertz CT molecular complexity index is 469. The van der Waals surface area contributed by atoms with Crippen LogP contribution in [0.1, 0.15) is 0 Å². The van der Waals surface area contributed by atoms with Crippen LogP contribution >= 0.6 is 11.8 Å². The average Bonchev–Trinajstić information content (AvgIpc) is 2.62. The van der Waals surface area contributed by atoms with Gasteiger partial charge < -0.3 is 10.1 Å². The third-order valence-corrected chi connectivity index (χ3v) is 2.48. The van der Waals surface area contributed by atoms with Gasteiger partial charge in [0.25, 0.3) is 0 Å². The quantitative estimate of drug-likeness (QED) is 0.567. The van der Waals surface area contributed by atoms with E-state index in [9.17, 15) is 4.79 Å². The number of aliphatic carboxylic acids is 1. The highest BCUT2D eigenvalue weighted by Crippen LogP contribution is 2.20.